The van der Waals surface area contributed by atoms with Crippen LogP contribution in [-0.4, -0.2) is 21.1 Å². The molecule has 0 saturated carbocycles. The topological polar surface area (TPSA) is 18.5 Å². The highest BCUT2D eigenvalue weighted by molar-refractivity contribution is 6.32. The molecule has 0 N–H and O–H groups in total. The number of hydrogen-bond donors (Lipinski definition) is 0. The normalized spacial score (nSPS) is 10.8. The summed E-state index contributed by atoms with van der Waals surface area (Å²) in [4.78, 5) is 0. The van der Waals surface area contributed by atoms with Crippen LogP contribution >= 0.6 is 0 Å². The SMILES string of the molecule is [B]c1cccc(C(OCC)OCC)c1. The van der Waals surface area contributed by atoms with Crippen molar-refractivity contribution in [3.63, 3.8) is 0 Å². The van der Waals surface area contributed by atoms with E-state index in [9.17, 15) is 0 Å². The first-order chi connectivity index (χ1) is 6.77. The van der Waals surface area contributed by atoms with Crippen molar-refractivity contribution in [3.05, 3.63) is 29.8 Å². The van der Waals surface area contributed by atoms with E-state index in [1.165, 1.54) is 0 Å². The third-order valence-electron chi connectivity index (χ3n) is 1.82. The van der Waals surface area contributed by atoms with Gasteiger partial charge in [0, 0.05) is 18.8 Å². The molecule has 0 heterocycles. The van der Waals surface area contributed by atoms with Crippen molar-refractivity contribution >= 4 is 13.3 Å². The van der Waals surface area contributed by atoms with E-state index in [-0.39, 0.29) is 6.29 Å². The molecule has 0 aliphatic carbocycles. The lowest BCUT2D eigenvalue weighted by molar-refractivity contribution is -0.140. The molecular formula is C11H15BO2. The molecule has 0 bridgehead atoms. The van der Waals surface area contributed by atoms with Gasteiger partial charge in [0.2, 0.25) is 0 Å². The zero-order valence-electron chi connectivity index (χ0n) is 8.69. The molecule has 2 nitrogen and oxygen atoms in total. The lowest BCUT2D eigenvalue weighted by Crippen LogP contribution is -2.12. The predicted octanol–water partition coefficient (Wildman–Crippen LogP) is 1.55. The van der Waals surface area contributed by atoms with Gasteiger partial charge in [-0.1, -0.05) is 29.7 Å². The monoisotopic (exact) mass is 190 g/mol. The lowest BCUT2D eigenvalue weighted by Gasteiger charge is -2.17. The van der Waals surface area contributed by atoms with Crippen LogP contribution in [0.25, 0.3) is 0 Å². The van der Waals surface area contributed by atoms with Gasteiger partial charge < -0.3 is 9.47 Å². The van der Waals surface area contributed by atoms with Crippen LogP contribution in [0.3, 0.4) is 0 Å². The number of benzene rings is 1. The maximum absolute atomic E-state index is 5.68. The molecule has 0 unspecified atom stereocenters. The summed E-state index contributed by atoms with van der Waals surface area (Å²) in [7, 11) is 5.68. The smallest absolute Gasteiger partial charge is 0.183 e. The van der Waals surface area contributed by atoms with E-state index in [4.69, 9.17) is 17.3 Å². The average molecular weight is 190 g/mol. The molecule has 3 heteroatoms. The van der Waals surface area contributed by atoms with Gasteiger partial charge in [0.15, 0.2) is 6.29 Å². The van der Waals surface area contributed by atoms with Gasteiger partial charge in [-0.15, -0.1) is 0 Å². The Morgan fingerprint density at radius 1 is 1.21 bits per heavy atom. The van der Waals surface area contributed by atoms with Crippen LogP contribution in [0.1, 0.15) is 25.7 Å². The summed E-state index contributed by atoms with van der Waals surface area (Å²) < 4.78 is 10.9. The molecule has 0 saturated heterocycles. The maximum atomic E-state index is 5.68. The molecule has 1 aromatic rings. The highest BCUT2D eigenvalue weighted by Crippen LogP contribution is 2.17. The maximum Gasteiger partial charge on any atom is 0.183 e. The van der Waals surface area contributed by atoms with E-state index in [0.717, 1.165) is 11.0 Å². The fourth-order valence-electron chi connectivity index (χ4n) is 1.25. The first-order valence-electron chi connectivity index (χ1n) is 4.86. The van der Waals surface area contributed by atoms with Crippen LogP contribution in [0.2, 0.25) is 0 Å². The average Bonchev–Trinajstić information content (AvgIpc) is 2.17. The van der Waals surface area contributed by atoms with Crippen molar-refractivity contribution in [3.8, 4) is 0 Å². The fraction of sp³-hybridized carbons (Fsp3) is 0.455. The van der Waals surface area contributed by atoms with Gasteiger partial charge in [-0.3, -0.25) is 0 Å². The summed E-state index contributed by atoms with van der Waals surface area (Å²) in [6, 6.07) is 7.57. The Bertz CT molecular complexity index is 270. The zero-order valence-corrected chi connectivity index (χ0v) is 8.69. The quantitative estimate of drug-likeness (QED) is 0.518. The molecule has 0 aromatic heterocycles. The van der Waals surface area contributed by atoms with Crippen LogP contribution in [0.5, 0.6) is 0 Å². The molecule has 0 amide bonds. The third-order valence-corrected chi connectivity index (χ3v) is 1.82. The van der Waals surface area contributed by atoms with E-state index in [1.54, 1.807) is 0 Å². The van der Waals surface area contributed by atoms with Gasteiger partial charge in [-0.05, 0) is 13.8 Å². The van der Waals surface area contributed by atoms with E-state index in [1.807, 2.05) is 38.1 Å². The van der Waals surface area contributed by atoms with Gasteiger partial charge in [-0.25, -0.2) is 0 Å². The van der Waals surface area contributed by atoms with Crippen LogP contribution in [-0.2, 0) is 9.47 Å². The molecule has 1 rings (SSSR count). The van der Waals surface area contributed by atoms with Crippen molar-refractivity contribution in [1.29, 1.82) is 0 Å². The van der Waals surface area contributed by atoms with Gasteiger partial charge in [0.05, 0.1) is 0 Å². The third kappa shape index (κ3) is 3.16. The lowest BCUT2D eigenvalue weighted by atomic mass is 9.94. The minimum Gasteiger partial charge on any atom is -0.349 e. The Labute approximate surface area is 86.6 Å². The zero-order chi connectivity index (χ0) is 10.4. The van der Waals surface area contributed by atoms with Crippen LogP contribution in [0, 0.1) is 0 Å². The van der Waals surface area contributed by atoms with Gasteiger partial charge in [0.25, 0.3) is 0 Å². The Hall–Kier alpha value is -0.795. The first-order valence-corrected chi connectivity index (χ1v) is 4.86. The highest BCUT2D eigenvalue weighted by Gasteiger charge is 2.10. The summed E-state index contributed by atoms with van der Waals surface area (Å²) in [6.45, 7) is 5.13. The summed E-state index contributed by atoms with van der Waals surface area (Å²) >= 11 is 0. The van der Waals surface area contributed by atoms with E-state index < -0.39 is 0 Å². The molecular weight excluding hydrogens is 175 g/mol. The molecule has 74 valence electrons. The summed E-state index contributed by atoms with van der Waals surface area (Å²) in [6.07, 6.45) is -0.298. The Kier molecular flexibility index (Phi) is 4.70. The summed E-state index contributed by atoms with van der Waals surface area (Å²) in [5.41, 5.74) is 1.70. The van der Waals surface area contributed by atoms with E-state index in [2.05, 4.69) is 0 Å². The molecule has 1 aromatic carbocycles. The van der Waals surface area contributed by atoms with Crippen LogP contribution in [0.4, 0.5) is 0 Å². The van der Waals surface area contributed by atoms with Gasteiger partial charge >= 0.3 is 0 Å². The standard InChI is InChI=1S/C11H15BO2/c1-3-13-11(14-4-2)9-6-5-7-10(12)8-9/h5-8,11H,3-4H2,1-2H3. The summed E-state index contributed by atoms with van der Waals surface area (Å²) in [5, 5.41) is 0. The molecule has 14 heavy (non-hydrogen) atoms. The Morgan fingerprint density at radius 3 is 2.36 bits per heavy atom. The number of rotatable bonds is 5. The number of ether oxygens (including phenoxy) is 2. The largest absolute Gasteiger partial charge is 0.349 e. The van der Waals surface area contributed by atoms with Crippen molar-refractivity contribution in [2.45, 2.75) is 20.1 Å². The molecule has 0 atom stereocenters. The molecule has 0 aliphatic heterocycles. The second kappa shape index (κ2) is 5.84. The Morgan fingerprint density at radius 2 is 1.86 bits per heavy atom. The highest BCUT2D eigenvalue weighted by atomic mass is 16.7. The minimum absolute atomic E-state index is 0.298. The van der Waals surface area contributed by atoms with Crippen LogP contribution in [0.15, 0.2) is 24.3 Å². The fourth-order valence-corrected chi connectivity index (χ4v) is 1.25. The van der Waals surface area contributed by atoms with Crippen molar-refractivity contribution in [1.82, 2.24) is 0 Å². The minimum atomic E-state index is -0.298. The number of hydrogen-bond acceptors (Lipinski definition) is 2. The van der Waals surface area contributed by atoms with Gasteiger partial charge in [0.1, 0.15) is 7.85 Å². The van der Waals surface area contributed by atoms with E-state index >= 15 is 0 Å². The molecule has 0 fully saturated rings. The molecule has 2 radical (unpaired) electrons. The van der Waals surface area contributed by atoms with E-state index in [0.29, 0.717) is 13.2 Å². The predicted molar refractivity (Wildman–Crippen MR) is 57.8 cm³/mol. The summed E-state index contributed by atoms with van der Waals surface area (Å²) in [5.74, 6) is 0. The second-order valence-corrected chi connectivity index (χ2v) is 2.91. The van der Waals surface area contributed by atoms with Crippen molar-refractivity contribution in [2.24, 2.45) is 0 Å². The molecule has 0 aliphatic rings. The van der Waals surface area contributed by atoms with Crippen LogP contribution < -0.4 is 5.46 Å². The van der Waals surface area contributed by atoms with Crippen molar-refractivity contribution in [2.75, 3.05) is 13.2 Å². The Balaban J connectivity index is 2.75. The molecule has 0 spiro atoms. The van der Waals surface area contributed by atoms with Crippen molar-refractivity contribution < 1.29 is 9.47 Å². The van der Waals surface area contributed by atoms with Gasteiger partial charge in [-0.2, -0.15) is 0 Å². The second-order valence-electron chi connectivity index (χ2n) is 2.91. The first kappa shape index (κ1) is 11.3.